The molecule has 4 rings (SSSR count). The fourth-order valence-electron chi connectivity index (χ4n) is 3.95. The van der Waals surface area contributed by atoms with Gasteiger partial charge in [-0.1, -0.05) is 26.8 Å². The highest BCUT2D eigenvalue weighted by Crippen LogP contribution is 2.30. The second-order valence-corrected chi connectivity index (χ2v) is 8.91. The number of aromatic nitrogens is 3. The van der Waals surface area contributed by atoms with Gasteiger partial charge in [0, 0.05) is 17.8 Å². The Balaban J connectivity index is 1.92. The largest absolute Gasteiger partial charge is 0.300 e. The van der Waals surface area contributed by atoms with Crippen molar-refractivity contribution in [2.75, 3.05) is 0 Å². The fourth-order valence-corrected chi connectivity index (χ4v) is 3.95. The van der Waals surface area contributed by atoms with Gasteiger partial charge < -0.3 is 0 Å². The highest BCUT2D eigenvalue weighted by atomic mass is 15.0. The number of aryl methyl sites for hydroxylation is 3. The number of nitrogens with zero attached hydrogens (tertiary/aromatic N) is 3. The van der Waals surface area contributed by atoms with Gasteiger partial charge in [0.25, 0.3) is 0 Å². The molecule has 0 fully saturated rings. The fraction of sp³-hybridized carbons (Fsp3) is 0.333. The third-order valence-corrected chi connectivity index (χ3v) is 5.24. The molecule has 1 aromatic carbocycles. The van der Waals surface area contributed by atoms with E-state index in [4.69, 9.17) is 4.98 Å². The predicted molar refractivity (Wildman–Crippen MR) is 112 cm³/mol. The summed E-state index contributed by atoms with van der Waals surface area (Å²) in [4.78, 5) is 4.83. The molecule has 0 spiro atoms. The SMILES string of the molecule is Cc1c[n+](C)c(-c2cc3nc4ccccn4c3cc2C)cc1CC(C)(C)C. The Kier molecular flexibility index (Phi) is 4.06. The third kappa shape index (κ3) is 3.23. The summed E-state index contributed by atoms with van der Waals surface area (Å²) in [5.41, 5.74) is 10.0. The molecule has 0 saturated heterocycles. The Morgan fingerprint density at radius 1 is 1.04 bits per heavy atom. The predicted octanol–water partition coefficient (Wildman–Crippen LogP) is 5.18. The Bertz CT molecular complexity index is 1160. The van der Waals surface area contributed by atoms with Crippen LogP contribution in [0.1, 0.15) is 37.5 Å². The quantitative estimate of drug-likeness (QED) is 0.452. The van der Waals surface area contributed by atoms with Gasteiger partial charge in [-0.3, -0.25) is 4.40 Å². The summed E-state index contributed by atoms with van der Waals surface area (Å²) < 4.78 is 4.40. The molecule has 0 aliphatic carbocycles. The number of fused-ring (bicyclic) bond motifs is 3. The number of imidazole rings is 1. The van der Waals surface area contributed by atoms with E-state index in [1.807, 2.05) is 6.07 Å². The summed E-state index contributed by atoms with van der Waals surface area (Å²) in [6, 6.07) is 13.0. The van der Waals surface area contributed by atoms with Crippen LogP contribution in [-0.2, 0) is 13.5 Å². The van der Waals surface area contributed by atoms with E-state index in [1.54, 1.807) is 0 Å². The van der Waals surface area contributed by atoms with Gasteiger partial charge in [-0.15, -0.1) is 0 Å². The summed E-state index contributed by atoms with van der Waals surface area (Å²) in [7, 11) is 2.14. The number of rotatable bonds is 2. The molecule has 3 heteroatoms. The van der Waals surface area contributed by atoms with E-state index in [1.165, 1.54) is 27.9 Å². The molecule has 0 unspecified atom stereocenters. The molecule has 138 valence electrons. The minimum atomic E-state index is 0.266. The first-order valence-electron chi connectivity index (χ1n) is 9.60. The van der Waals surface area contributed by atoms with Crippen molar-refractivity contribution in [3.05, 3.63) is 65.5 Å². The van der Waals surface area contributed by atoms with E-state index in [9.17, 15) is 0 Å². The highest BCUT2D eigenvalue weighted by Gasteiger charge is 2.20. The lowest BCUT2D eigenvalue weighted by atomic mass is 9.86. The van der Waals surface area contributed by atoms with E-state index >= 15 is 0 Å². The highest BCUT2D eigenvalue weighted by molar-refractivity contribution is 5.86. The Labute approximate surface area is 161 Å². The molecule has 4 aromatic rings. The third-order valence-electron chi connectivity index (χ3n) is 5.24. The van der Waals surface area contributed by atoms with Gasteiger partial charge >= 0.3 is 0 Å². The maximum absolute atomic E-state index is 4.83. The second-order valence-electron chi connectivity index (χ2n) is 8.91. The van der Waals surface area contributed by atoms with Crippen LogP contribution in [0.3, 0.4) is 0 Å². The van der Waals surface area contributed by atoms with Gasteiger partial charge in [-0.05, 0) is 61.1 Å². The van der Waals surface area contributed by atoms with Crippen LogP contribution >= 0.6 is 0 Å². The van der Waals surface area contributed by atoms with Crippen LogP contribution < -0.4 is 4.57 Å². The average molecular weight is 359 g/mol. The summed E-state index contributed by atoms with van der Waals surface area (Å²) in [6.45, 7) is 11.3. The molecule has 27 heavy (non-hydrogen) atoms. The zero-order valence-corrected chi connectivity index (χ0v) is 17.2. The lowest BCUT2D eigenvalue weighted by Gasteiger charge is -2.19. The van der Waals surface area contributed by atoms with Gasteiger partial charge in [0.1, 0.15) is 12.7 Å². The van der Waals surface area contributed by atoms with Crippen LogP contribution in [0.25, 0.3) is 27.9 Å². The zero-order chi connectivity index (χ0) is 19.3. The van der Waals surface area contributed by atoms with Crippen molar-refractivity contribution < 1.29 is 4.57 Å². The first-order chi connectivity index (χ1) is 12.7. The number of hydrogen-bond donors (Lipinski definition) is 0. The lowest BCUT2D eigenvalue weighted by Crippen LogP contribution is -2.32. The van der Waals surface area contributed by atoms with Crippen LogP contribution in [0.5, 0.6) is 0 Å². The molecule has 3 heterocycles. The summed E-state index contributed by atoms with van der Waals surface area (Å²) in [6.07, 6.45) is 5.41. The molecule has 3 aromatic heterocycles. The lowest BCUT2D eigenvalue weighted by molar-refractivity contribution is -0.660. The van der Waals surface area contributed by atoms with Crippen LogP contribution in [-0.4, -0.2) is 9.38 Å². The molecule has 0 N–H and O–H groups in total. The normalized spacial score (nSPS) is 12.2. The van der Waals surface area contributed by atoms with Crippen molar-refractivity contribution in [3.8, 4) is 11.3 Å². The molecular weight excluding hydrogens is 330 g/mol. The average Bonchev–Trinajstić information content (AvgIpc) is 2.93. The van der Waals surface area contributed by atoms with Gasteiger partial charge in [0.15, 0.2) is 6.20 Å². The number of benzene rings is 1. The Morgan fingerprint density at radius 2 is 1.81 bits per heavy atom. The number of pyridine rings is 2. The topological polar surface area (TPSA) is 21.2 Å². The van der Waals surface area contributed by atoms with Crippen LogP contribution in [0.4, 0.5) is 0 Å². The van der Waals surface area contributed by atoms with Crippen molar-refractivity contribution in [2.45, 2.75) is 41.0 Å². The first-order valence-corrected chi connectivity index (χ1v) is 9.60. The van der Waals surface area contributed by atoms with Crippen molar-refractivity contribution in [1.82, 2.24) is 9.38 Å². The maximum atomic E-state index is 4.83. The van der Waals surface area contributed by atoms with Crippen molar-refractivity contribution in [3.63, 3.8) is 0 Å². The van der Waals surface area contributed by atoms with Gasteiger partial charge in [-0.2, -0.15) is 0 Å². The van der Waals surface area contributed by atoms with Crippen molar-refractivity contribution >= 4 is 16.7 Å². The molecule has 0 aliphatic rings. The molecule has 0 amide bonds. The molecular formula is C24H28N3+. The maximum Gasteiger partial charge on any atom is 0.212 e. The standard InChI is InChI=1S/C24H28N3/c1-16-11-22-20(25-23-9-7-8-10-27(22)23)13-19(16)21-12-18(14-24(3,4)5)17(2)15-26(21)6/h7-13,15H,14H2,1-6H3/q+1. The van der Waals surface area contributed by atoms with Gasteiger partial charge in [0.2, 0.25) is 5.69 Å². The van der Waals surface area contributed by atoms with Crippen LogP contribution in [0.2, 0.25) is 0 Å². The van der Waals surface area contributed by atoms with E-state index in [-0.39, 0.29) is 5.41 Å². The monoisotopic (exact) mass is 358 g/mol. The molecule has 0 bridgehead atoms. The summed E-state index contributed by atoms with van der Waals surface area (Å²) in [5, 5.41) is 0. The molecule has 0 aliphatic heterocycles. The number of hydrogen-bond acceptors (Lipinski definition) is 1. The van der Waals surface area contributed by atoms with Crippen molar-refractivity contribution in [1.29, 1.82) is 0 Å². The zero-order valence-electron chi connectivity index (χ0n) is 17.2. The van der Waals surface area contributed by atoms with Crippen molar-refractivity contribution in [2.24, 2.45) is 12.5 Å². The van der Waals surface area contributed by atoms with E-state index in [0.717, 1.165) is 23.1 Å². The Hall–Kier alpha value is -2.68. The van der Waals surface area contributed by atoms with Crippen LogP contribution in [0, 0.1) is 19.3 Å². The van der Waals surface area contributed by atoms with E-state index in [0.29, 0.717) is 0 Å². The van der Waals surface area contributed by atoms with Crippen LogP contribution in [0.15, 0.2) is 48.8 Å². The first kappa shape index (κ1) is 17.7. The minimum absolute atomic E-state index is 0.266. The second kappa shape index (κ2) is 6.19. The minimum Gasteiger partial charge on any atom is -0.300 e. The van der Waals surface area contributed by atoms with Gasteiger partial charge in [-0.25, -0.2) is 9.55 Å². The van der Waals surface area contributed by atoms with E-state index < -0.39 is 0 Å². The Morgan fingerprint density at radius 3 is 2.56 bits per heavy atom. The summed E-state index contributed by atoms with van der Waals surface area (Å²) in [5.74, 6) is 0. The molecule has 0 atom stereocenters. The molecule has 0 radical (unpaired) electrons. The summed E-state index contributed by atoms with van der Waals surface area (Å²) >= 11 is 0. The van der Waals surface area contributed by atoms with E-state index in [2.05, 4.69) is 93.4 Å². The molecule has 0 saturated carbocycles. The smallest absolute Gasteiger partial charge is 0.212 e. The molecule has 3 nitrogen and oxygen atoms in total. The van der Waals surface area contributed by atoms with Gasteiger partial charge in [0.05, 0.1) is 16.6 Å².